The first-order valence-electron chi connectivity index (χ1n) is 8.56. The molecule has 0 bridgehead atoms. The highest BCUT2D eigenvalue weighted by Gasteiger charge is 2.19. The standard InChI is InChI=1S/C20H16FN5O2S/c1-11-19(18(29-26-11)8-14-4-3-13(9-22)10-23-14)20(28)25-15-5-6-16(21)17(7-15)24-12(2)27/h3-7,10H,8H2,1-2H3,(H,24,27)(H,25,28). The zero-order valence-corrected chi connectivity index (χ0v) is 16.4. The average molecular weight is 409 g/mol. The zero-order chi connectivity index (χ0) is 21.0. The number of hydrogen-bond acceptors (Lipinski definition) is 6. The number of rotatable bonds is 5. The SMILES string of the molecule is CC(=O)Nc1cc(NC(=O)c2c(C)nsc2Cc2ccc(C#N)cn2)ccc1F. The van der Waals surface area contributed by atoms with Gasteiger partial charge >= 0.3 is 0 Å². The fourth-order valence-electron chi connectivity index (χ4n) is 2.67. The van der Waals surface area contributed by atoms with Gasteiger partial charge in [0, 0.05) is 35.8 Å². The van der Waals surface area contributed by atoms with Gasteiger partial charge in [0.25, 0.3) is 5.91 Å². The maximum Gasteiger partial charge on any atom is 0.258 e. The van der Waals surface area contributed by atoms with Crippen LogP contribution in [0.25, 0.3) is 0 Å². The Morgan fingerprint density at radius 1 is 1.24 bits per heavy atom. The molecule has 2 N–H and O–H groups in total. The van der Waals surface area contributed by atoms with Crippen LogP contribution < -0.4 is 10.6 Å². The van der Waals surface area contributed by atoms with Crippen molar-refractivity contribution in [3.05, 3.63) is 69.7 Å². The topological polar surface area (TPSA) is 108 Å². The summed E-state index contributed by atoms with van der Waals surface area (Å²) in [5.74, 6) is -1.40. The Hall–Kier alpha value is -3.64. The van der Waals surface area contributed by atoms with E-state index in [1.54, 1.807) is 19.1 Å². The molecule has 0 aliphatic rings. The van der Waals surface area contributed by atoms with Gasteiger partial charge in [-0.05, 0) is 48.8 Å². The van der Waals surface area contributed by atoms with Crippen molar-refractivity contribution < 1.29 is 14.0 Å². The summed E-state index contributed by atoms with van der Waals surface area (Å²) in [5.41, 5.74) is 2.48. The van der Waals surface area contributed by atoms with Crippen molar-refractivity contribution in [3.63, 3.8) is 0 Å². The number of amides is 2. The molecule has 2 heterocycles. The van der Waals surface area contributed by atoms with Crippen LogP contribution in [0.2, 0.25) is 0 Å². The Labute approximate surface area is 170 Å². The van der Waals surface area contributed by atoms with E-state index in [0.29, 0.717) is 34.6 Å². The van der Waals surface area contributed by atoms with E-state index >= 15 is 0 Å². The summed E-state index contributed by atoms with van der Waals surface area (Å²) in [5, 5.41) is 14.0. The summed E-state index contributed by atoms with van der Waals surface area (Å²) < 4.78 is 18.1. The first-order valence-corrected chi connectivity index (χ1v) is 9.33. The molecule has 0 radical (unpaired) electrons. The monoisotopic (exact) mass is 409 g/mol. The third-order valence-corrected chi connectivity index (χ3v) is 4.92. The van der Waals surface area contributed by atoms with Crippen molar-refractivity contribution in [2.45, 2.75) is 20.3 Å². The molecule has 29 heavy (non-hydrogen) atoms. The number of hydrogen-bond donors (Lipinski definition) is 2. The molecule has 2 amide bonds. The van der Waals surface area contributed by atoms with E-state index in [9.17, 15) is 14.0 Å². The first kappa shape index (κ1) is 20.1. The molecule has 0 saturated heterocycles. The van der Waals surface area contributed by atoms with E-state index in [1.807, 2.05) is 6.07 Å². The highest BCUT2D eigenvalue weighted by Crippen LogP contribution is 2.25. The van der Waals surface area contributed by atoms with Crippen molar-refractivity contribution in [2.75, 3.05) is 10.6 Å². The number of nitrogens with zero attached hydrogens (tertiary/aromatic N) is 3. The fourth-order valence-corrected chi connectivity index (χ4v) is 3.55. The van der Waals surface area contributed by atoms with E-state index in [4.69, 9.17) is 5.26 Å². The van der Waals surface area contributed by atoms with Crippen molar-refractivity contribution in [1.82, 2.24) is 9.36 Å². The Morgan fingerprint density at radius 3 is 2.69 bits per heavy atom. The molecular weight excluding hydrogens is 393 g/mol. The summed E-state index contributed by atoms with van der Waals surface area (Å²) >= 11 is 1.20. The molecule has 3 rings (SSSR count). The van der Waals surface area contributed by atoms with Gasteiger partial charge in [-0.2, -0.15) is 9.64 Å². The van der Waals surface area contributed by atoms with Crippen LogP contribution in [0.4, 0.5) is 15.8 Å². The minimum Gasteiger partial charge on any atom is -0.324 e. The van der Waals surface area contributed by atoms with E-state index < -0.39 is 11.7 Å². The van der Waals surface area contributed by atoms with Crippen LogP contribution in [0.5, 0.6) is 0 Å². The maximum absolute atomic E-state index is 13.8. The Balaban J connectivity index is 1.82. The second-order valence-electron chi connectivity index (χ2n) is 6.22. The Morgan fingerprint density at radius 2 is 2.03 bits per heavy atom. The van der Waals surface area contributed by atoms with Crippen LogP contribution in [-0.4, -0.2) is 21.2 Å². The van der Waals surface area contributed by atoms with Crippen LogP contribution in [0, 0.1) is 24.1 Å². The Bertz CT molecular complexity index is 1120. The van der Waals surface area contributed by atoms with Gasteiger partial charge in [0.15, 0.2) is 0 Å². The predicted octanol–water partition coefficient (Wildman–Crippen LogP) is 3.66. The van der Waals surface area contributed by atoms with Crippen molar-refractivity contribution in [3.8, 4) is 6.07 Å². The molecule has 0 fully saturated rings. The quantitative estimate of drug-likeness (QED) is 0.669. The molecule has 0 aliphatic carbocycles. The van der Waals surface area contributed by atoms with Gasteiger partial charge in [0.2, 0.25) is 5.91 Å². The number of carbonyl (C=O) groups excluding carboxylic acids is 2. The van der Waals surface area contributed by atoms with Gasteiger partial charge in [0.1, 0.15) is 11.9 Å². The van der Waals surface area contributed by atoms with Crippen LogP contribution >= 0.6 is 11.5 Å². The highest BCUT2D eigenvalue weighted by atomic mass is 32.1. The number of nitriles is 1. The second kappa shape index (κ2) is 8.58. The number of benzene rings is 1. The molecule has 0 atom stereocenters. The van der Waals surface area contributed by atoms with Gasteiger partial charge in [0.05, 0.1) is 22.5 Å². The third-order valence-electron chi connectivity index (χ3n) is 3.99. The van der Waals surface area contributed by atoms with Gasteiger partial charge in [-0.15, -0.1) is 0 Å². The van der Waals surface area contributed by atoms with Crippen LogP contribution in [0.1, 0.15) is 39.1 Å². The lowest BCUT2D eigenvalue weighted by atomic mass is 10.1. The minimum atomic E-state index is -0.598. The minimum absolute atomic E-state index is 0.0162. The molecule has 0 aliphatic heterocycles. The molecule has 9 heteroatoms. The number of pyridine rings is 1. The molecule has 2 aromatic heterocycles. The number of carbonyl (C=O) groups is 2. The number of halogens is 1. The molecule has 1 aromatic carbocycles. The van der Waals surface area contributed by atoms with E-state index in [-0.39, 0.29) is 11.6 Å². The van der Waals surface area contributed by atoms with Crippen molar-refractivity contribution >= 4 is 34.7 Å². The number of nitrogens with one attached hydrogen (secondary N) is 2. The van der Waals surface area contributed by atoms with Crippen molar-refractivity contribution in [1.29, 1.82) is 5.26 Å². The van der Waals surface area contributed by atoms with E-state index in [0.717, 1.165) is 4.88 Å². The lowest BCUT2D eigenvalue weighted by Crippen LogP contribution is -2.15. The summed E-state index contributed by atoms with van der Waals surface area (Å²) in [7, 11) is 0. The molecule has 0 spiro atoms. The number of aromatic nitrogens is 2. The lowest BCUT2D eigenvalue weighted by Gasteiger charge is -2.10. The highest BCUT2D eigenvalue weighted by molar-refractivity contribution is 7.06. The van der Waals surface area contributed by atoms with E-state index in [2.05, 4.69) is 20.0 Å². The van der Waals surface area contributed by atoms with E-state index in [1.165, 1.54) is 42.9 Å². The third kappa shape index (κ3) is 4.80. The normalized spacial score (nSPS) is 10.3. The molecule has 0 saturated carbocycles. The fraction of sp³-hybridized carbons (Fsp3) is 0.150. The van der Waals surface area contributed by atoms with Crippen molar-refractivity contribution in [2.24, 2.45) is 0 Å². The summed E-state index contributed by atoms with van der Waals surface area (Å²) in [6.45, 7) is 3.00. The summed E-state index contributed by atoms with van der Waals surface area (Å²) in [6, 6.07) is 9.34. The summed E-state index contributed by atoms with van der Waals surface area (Å²) in [6.07, 6.45) is 1.87. The molecule has 7 nitrogen and oxygen atoms in total. The molecule has 146 valence electrons. The lowest BCUT2D eigenvalue weighted by molar-refractivity contribution is -0.114. The van der Waals surface area contributed by atoms with Crippen LogP contribution in [-0.2, 0) is 11.2 Å². The smallest absolute Gasteiger partial charge is 0.258 e. The second-order valence-corrected chi connectivity index (χ2v) is 7.08. The zero-order valence-electron chi connectivity index (χ0n) is 15.6. The largest absolute Gasteiger partial charge is 0.324 e. The predicted molar refractivity (Wildman–Crippen MR) is 107 cm³/mol. The van der Waals surface area contributed by atoms with Gasteiger partial charge < -0.3 is 10.6 Å². The maximum atomic E-state index is 13.8. The first-order chi connectivity index (χ1) is 13.9. The summed E-state index contributed by atoms with van der Waals surface area (Å²) in [4.78, 5) is 29.0. The van der Waals surface area contributed by atoms with Gasteiger partial charge in [-0.3, -0.25) is 14.6 Å². The molecule has 3 aromatic rings. The Kier molecular flexibility index (Phi) is 5.95. The van der Waals surface area contributed by atoms with Crippen LogP contribution in [0.3, 0.4) is 0 Å². The molecule has 0 unspecified atom stereocenters. The molecular formula is C20H16FN5O2S. The average Bonchev–Trinajstić information content (AvgIpc) is 3.05. The number of aryl methyl sites for hydroxylation is 1. The van der Waals surface area contributed by atoms with Gasteiger partial charge in [-0.25, -0.2) is 4.39 Å². The van der Waals surface area contributed by atoms with Crippen LogP contribution in [0.15, 0.2) is 36.5 Å². The van der Waals surface area contributed by atoms with Gasteiger partial charge in [-0.1, -0.05) is 0 Å². The number of anilines is 2.